The molecule has 6 nitrogen and oxygen atoms in total. The fourth-order valence-corrected chi connectivity index (χ4v) is 4.27. The maximum absolute atomic E-state index is 12.2. The van der Waals surface area contributed by atoms with Gasteiger partial charge >= 0.3 is 0 Å². The molecule has 1 N–H and O–H groups in total. The zero-order chi connectivity index (χ0) is 22.8. The standard InChI is InChI=1S/C26H22BrN3O3/c1-32-22-8-5-17(6-9-22)16-33-26-24(15-30(29-26)21-4-2-3-20(27)14-21)18-7-10-23-19(13-18)11-12-28-25(23)31/h2-10,13-15H,11-12,16H2,1H3,(H,28,31). The van der Waals surface area contributed by atoms with Crippen LogP contribution in [0.3, 0.4) is 0 Å². The number of rotatable bonds is 6. The van der Waals surface area contributed by atoms with Crippen LogP contribution in [0.2, 0.25) is 0 Å². The van der Waals surface area contributed by atoms with E-state index in [2.05, 4.69) is 27.3 Å². The number of nitrogens with zero attached hydrogens (tertiary/aromatic N) is 2. The van der Waals surface area contributed by atoms with Crippen LogP contribution in [0.5, 0.6) is 11.6 Å². The van der Waals surface area contributed by atoms with Crippen LogP contribution in [0.4, 0.5) is 0 Å². The molecule has 0 spiro atoms. The predicted molar refractivity (Wildman–Crippen MR) is 130 cm³/mol. The maximum Gasteiger partial charge on any atom is 0.251 e. The molecular formula is C26H22BrN3O3. The summed E-state index contributed by atoms with van der Waals surface area (Å²) in [6, 6.07) is 21.6. The Labute approximate surface area is 200 Å². The highest BCUT2D eigenvalue weighted by atomic mass is 79.9. The number of ether oxygens (including phenoxy) is 2. The van der Waals surface area contributed by atoms with Gasteiger partial charge in [-0.05, 0) is 59.5 Å². The normalized spacial score (nSPS) is 12.7. The molecule has 0 saturated heterocycles. The highest BCUT2D eigenvalue weighted by Crippen LogP contribution is 2.33. The van der Waals surface area contributed by atoms with Gasteiger partial charge in [0.25, 0.3) is 5.91 Å². The van der Waals surface area contributed by atoms with Gasteiger partial charge in [-0.1, -0.05) is 46.3 Å². The Morgan fingerprint density at radius 2 is 1.91 bits per heavy atom. The summed E-state index contributed by atoms with van der Waals surface area (Å²) in [6.07, 6.45) is 2.77. The first-order valence-corrected chi connectivity index (χ1v) is 11.4. The third-order valence-electron chi connectivity index (χ3n) is 5.63. The fourth-order valence-electron chi connectivity index (χ4n) is 3.88. The minimum Gasteiger partial charge on any atom is -0.497 e. The monoisotopic (exact) mass is 503 g/mol. The molecule has 33 heavy (non-hydrogen) atoms. The largest absolute Gasteiger partial charge is 0.497 e. The molecular weight excluding hydrogens is 482 g/mol. The topological polar surface area (TPSA) is 65.4 Å². The highest BCUT2D eigenvalue weighted by molar-refractivity contribution is 9.10. The van der Waals surface area contributed by atoms with Gasteiger partial charge in [0.05, 0.1) is 18.4 Å². The van der Waals surface area contributed by atoms with Gasteiger partial charge in [0.1, 0.15) is 12.4 Å². The van der Waals surface area contributed by atoms with Gasteiger partial charge in [-0.25, -0.2) is 4.68 Å². The van der Waals surface area contributed by atoms with Crippen molar-refractivity contribution in [2.75, 3.05) is 13.7 Å². The van der Waals surface area contributed by atoms with Crippen molar-refractivity contribution < 1.29 is 14.3 Å². The number of fused-ring (bicyclic) bond motifs is 1. The molecule has 0 bridgehead atoms. The molecule has 5 rings (SSSR count). The van der Waals surface area contributed by atoms with Crippen molar-refractivity contribution in [3.63, 3.8) is 0 Å². The first-order valence-electron chi connectivity index (χ1n) is 10.6. The van der Waals surface area contributed by atoms with Crippen LogP contribution in [0.15, 0.2) is 77.4 Å². The summed E-state index contributed by atoms with van der Waals surface area (Å²) in [5.41, 5.74) is 5.53. The maximum atomic E-state index is 12.2. The molecule has 2 heterocycles. The van der Waals surface area contributed by atoms with E-state index in [-0.39, 0.29) is 5.91 Å². The lowest BCUT2D eigenvalue weighted by Crippen LogP contribution is -2.31. The smallest absolute Gasteiger partial charge is 0.251 e. The van der Waals surface area contributed by atoms with E-state index in [0.717, 1.165) is 50.1 Å². The van der Waals surface area contributed by atoms with E-state index < -0.39 is 0 Å². The Kier molecular flexibility index (Phi) is 5.88. The molecule has 0 radical (unpaired) electrons. The average molecular weight is 504 g/mol. The van der Waals surface area contributed by atoms with Crippen LogP contribution < -0.4 is 14.8 Å². The van der Waals surface area contributed by atoms with Gasteiger partial charge in [0.15, 0.2) is 0 Å². The molecule has 1 aromatic heterocycles. The van der Waals surface area contributed by atoms with Crippen LogP contribution in [0.1, 0.15) is 21.5 Å². The van der Waals surface area contributed by atoms with Gasteiger partial charge in [-0.3, -0.25) is 4.79 Å². The lowest BCUT2D eigenvalue weighted by atomic mass is 9.96. The molecule has 0 unspecified atom stereocenters. The van der Waals surface area contributed by atoms with Crippen molar-refractivity contribution in [2.24, 2.45) is 0 Å². The lowest BCUT2D eigenvalue weighted by Gasteiger charge is -2.17. The van der Waals surface area contributed by atoms with E-state index in [9.17, 15) is 4.79 Å². The summed E-state index contributed by atoms with van der Waals surface area (Å²) in [7, 11) is 1.65. The predicted octanol–water partition coefficient (Wildman–Crippen LogP) is 5.18. The van der Waals surface area contributed by atoms with Crippen molar-refractivity contribution in [3.8, 4) is 28.4 Å². The Bertz CT molecular complexity index is 1310. The fraction of sp³-hybridized carbons (Fsp3) is 0.154. The van der Waals surface area contributed by atoms with E-state index in [1.807, 2.05) is 71.5 Å². The second kappa shape index (κ2) is 9.11. The summed E-state index contributed by atoms with van der Waals surface area (Å²) in [5.74, 6) is 1.31. The number of hydrogen-bond donors (Lipinski definition) is 1. The highest BCUT2D eigenvalue weighted by Gasteiger charge is 2.20. The van der Waals surface area contributed by atoms with E-state index in [0.29, 0.717) is 19.0 Å². The van der Waals surface area contributed by atoms with Gasteiger partial charge in [-0.2, -0.15) is 0 Å². The first-order chi connectivity index (χ1) is 16.1. The summed E-state index contributed by atoms with van der Waals surface area (Å²) in [6.45, 7) is 1.02. The minimum atomic E-state index is -0.0244. The van der Waals surface area contributed by atoms with Crippen LogP contribution in [0.25, 0.3) is 16.8 Å². The van der Waals surface area contributed by atoms with E-state index in [1.165, 1.54) is 0 Å². The molecule has 166 valence electrons. The van der Waals surface area contributed by atoms with E-state index >= 15 is 0 Å². The number of carbonyl (C=O) groups excluding carboxylic acids is 1. The summed E-state index contributed by atoms with van der Waals surface area (Å²) >= 11 is 3.53. The molecule has 0 aliphatic carbocycles. The van der Waals surface area contributed by atoms with Crippen molar-refractivity contribution in [2.45, 2.75) is 13.0 Å². The van der Waals surface area contributed by atoms with Gasteiger partial charge in [-0.15, -0.1) is 5.10 Å². The number of carbonyl (C=O) groups is 1. The molecule has 1 amide bonds. The molecule has 1 aliphatic rings. The third-order valence-corrected chi connectivity index (χ3v) is 6.12. The Balaban J connectivity index is 1.51. The minimum absolute atomic E-state index is 0.0244. The zero-order valence-electron chi connectivity index (χ0n) is 18.0. The SMILES string of the molecule is COc1ccc(COc2nn(-c3cccc(Br)c3)cc2-c2ccc3c(c2)CCNC3=O)cc1. The lowest BCUT2D eigenvalue weighted by molar-refractivity contribution is 0.0946. The summed E-state index contributed by atoms with van der Waals surface area (Å²) < 4.78 is 14.2. The first kappa shape index (κ1) is 21.3. The van der Waals surface area contributed by atoms with Gasteiger partial charge < -0.3 is 14.8 Å². The molecule has 0 fully saturated rings. The number of nitrogens with one attached hydrogen (secondary N) is 1. The van der Waals surface area contributed by atoms with Crippen LogP contribution in [-0.4, -0.2) is 29.3 Å². The molecule has 4 aromatic rings. The van der Waals surface area contributed by atoms with Crippen LogP contribution in [0, 0.1) is 0 Å². The quantitative estimate of drug-likeness (QED) is 0.393. The van der Waals surface area contributed by atoms with Crippen molar-refractivity contribution in [3.05, 3.63) is 94.1 Å². The Hall–Kier alpha value is -3.58. The summed E-state index contributed by atoms with van der Waals surface area (Å²) in [4.78, 5) is 12.2. The van der Waals surface area contributed by atoms with Gasteiger partial charge in [0.2, 0.25) is 5.88 Å². The second-order valence-electron chi connectivity index (χ2n) is 7.79. The van der Waals surface area contributed by atoms with E-state index in [4.69, 9.17) is 14.6 Å². The Morgan fingerprint density at radius 1 is 1.06 bits per heavy atom. The molecule has 1 aliphatic heterocycles. The van der Waals surface area contributed by atoms with Crippen molar-refractivity contribution in [1.82, 2.24) is 15.1 Å². The summed E-state index contributed by atoms with van der Waals surface area (Å²) in [5, 5.41) is 7.64. The molecule has 7 heteroatoms. The Morgan fingerprint density at radius 3 is 2.70 bits per heavy atom. The number of hydrogen-bond acceptors (Lipinski definition) is 4. The number of amides is 1. The third kappa shape index (κ3) is 4.50. The molecule has 3 aromatic carbocycles. The van der Waals surface area contributed by atoms with Crippen molar-refractivity contribution in [1.29, 1.82) is 0 Å². The van der Waals surface area contributed by atoms with Crippen LogP contribution in [-0.2, 0) is 13.0 Å². The number of aromatic nitrogens is 2. The van der Waals surface area contributed by atoms with Crippen molar-refractivity contribution >= 4 is 21.8 Å². The van der Waals surface area contributed by atoms with Crippen LogP contribution >= 0.6 is 15.9 Å². The van der Waals surface area contributed by atoms with E-state index in [1.54, 1.807) is 7.11 Å². The average Bonchev–Trinajstić information content (AvgIpc) is 3.27. The number of halogens is 1. The molecule has 0 atom stereocenters. The second-order valence-corrected chi connectivity index (χ2v) is 8.70. The number of benzene rings is 3. The number of methoxy groups -OCH3 is 1. The zero-order valence-corrected chi connectivity index (χ0v) is 19.6. The molecule has 0 saturated carbocycles. The van der Waals surface area contributed by atoms with Gasteiger partial charge in [0, 0.05) is 22.8 Å².